The Morgan fingerprint density at radius 1 is 1.00 bits per heavy atom. The molecule has 4 rings (SSSR count). The van der Waals surface area contributed by atoms with Crippen LogP contribution in [0.2, 0.25) is 0 Å². The van der Waals surface area contributed by atoms with E-state index in [-0.39, 0.29) is 6.10 Å². The highest BCUT2D eigenvalue weighted by Gasteiger charge is 2.14. The van der Waals surface area contributed by atoms with E-state index in [0.717, 1.165) is 40.7 Å². The summed E-state index contributed by atoms with van der Waals surface area (Å²) in [7, 11) is 0. The molecule has 2 aromatic carbocycles. The van der Waals surface area contributed by atoms with Crippen LogP contribution in [0.25, 0.3) is 28.4 Å². The average molecular weight is 400 g/mol. The summed E-state index contributed by atoms with van der Waals surface area (Å²) in [4.78, 5) is 9.55. The number of ether oxygens (including phenoxy) is 1. The summed E-state index contributed by atoms with van der Waals surface area (Å²) in [6.45, 7) is 5.78. The second kappa shape index (κ2) is 8.86. The first-order chi connectivity index (χ1) is 14.6. The average Bonchev–Trinajstić information content (AvgIpc) is 3.15. The molecule has 0 aliphatic carbocycles. The summed E-state index contributed by atoms with van der Waals surface area (Å²) in [6, 6.07) is 16.0. The number of para-hydroxylation sites is 2. The van der Waals surface area contributed by atoms with E-state index in [1.54, 1.807) is 6.92 Å². The zero-order valence-corrected chi connectivity index (χ0v) is 17.4. The van der Waals surface area contributed by atoms with Crippen molar-refractivity contribution in [2.24, 2.45) is 0 Å². The van der Waals surface area contributed by atoms with Gasteiger partial charge in [-0.3, -0.25) is 0 Å². The number of nitrogens with zero attached hydrogens (tertiary/aromatic N) is 4. The summed E-state index contributed by atoms with van der Waals surface area (Å²) in [5.41, 5.74) is 4.47. The molecule has 0 N–H and O–H groups in total. The van der Waals surface area contributed by atoms with Gasteiger partial charge in [0.1, 0.15) is 5.69 Å². The number of hydrogen-bond donors (Lipinski definition) is 0. The van der Waals surface area contributed by atoms with Crippen molar-refractivity contribution in [3.8, 4) is 17.1 Å². The van der Waals surface area contributed by atoms with E-state index in [9.17, 15) is 0 Å². The SMILES string of the molecule is Cc1nnc(CC/C=C/c2cccc(-c3nc4ccccc4nc3OC(C)C)c2)o1. The van der Waals surface area contributed by atoms with Crippen molar-refractivity contribution < 1.29 is 9.15 Å². The molecule has 6 nitrogen and oxygen atoms in total. The molecule has 0 radical (unpaired) electrons. The van der Waals surface area contributed by atoms with E-state index in [2.05, 4.69) is 34.5 Å². The fourth-order valence-corrected chi connectivity index (χ4v) is 3.13. The molecule has 0 unspecified atom stereocenters. The van der Waals surface area contributed by atoms with E-state index in [4.69, 9.17) is 19.1 Å². The van der Waals surface area contributed by atoms with Gasteiger partial charge in [-0.1, -0.05) is 42.5 Å². The molecule has 0 aliphatic rings. The summed E-state index contributed by atoms with van der Waals surface area (Å²) in [5.74, 6) is 1.81. The first-order valence-corrected chi connectivity index (χ1v) is 10.1. The Morgan fingerprint density at radius 2 is 1.80 bits per heavy atom. The molecule has 6 heteroatoms. The molecular weight excluding hydrogens is 376 g/mol. The molecule has 4 aromatic rings. The van der Waals surface area contributed by atoms with Crippen molar-refractivity contribution in [3.63, 3.8) is 0 Å². The van der Waals surface area contributed by atoms with E-state index in [0.29, 0.717) is 17.7 Å². The van der Waals surface area contributed by atoms with Crippen LogP contribution >= 0.6 is 0 Å². The second-order valence-electron chi connectivity index (χ2n) is 7.31. The lowest BCUT2D eigenvalue weighted by Gasteiger charge is -2.14. The molecule has 0 spiro atoms. The highest BCUT2D eigenvalue weighted by atomic mass is 16.5. The Hall–Kier alpha value is -3.54. The smallest absolute Gasteiger partial charge is 0.241 e. The van der Waals surface area contributed by atoms with Crippen LogP contribution in [0.15, 0.2) is 59.0 Å². The fourth-order valence-electron chi connectivity index (χ4n) is 3.13. The summed E-state index contributed by atoms with van der Waals surface area (Å²) < 4.78 is 11.4. The van der Waals surface area contributed by atoms with Gasteiger partial charge in [-0.15, -0.1) is 10.2 Å². The van der Waals surface area contributed by atoms with Gasteiger partial charge in [0.25, 0.3) is 0 Å². The van der Waals surface area contributed by atoms with Crippen LogP contribution in [0.5, 0.6) is 5.88 Å². The Bertz CT molecular complexity index is 1180. The number of fused-ring (bicyclic) bond motifs is 1. The second-order valence-corrected chi connectivity index (χ2v) is 7.31. The number of rotatable bonds is 7. The quantitative estimate of drug-likeness (QED) is 0.412. The minimum Gasteiger partial charge on any atom is -0.473 e. The van der Waals surface area contributed by atoms with Gasteiger partial charge in [-0.2, -0.15) is 0 Å². The van der Waals surface area contributed by atoms with Gasteiger partial charge in [0, 0.05) is 18.9 Å². The lowest BCUT2D eigenvalue weighted by molar-refractivity contribution is 0.234. The predicted molar refractivity (Wildman–Crippen MR) is 117 cm³/mol. The highest BCUT2D eigenvalue weighted by Crippen LogP contribution is 2.30. The van der Waals surface area contributed by atoms with Gasteiger partial charge in [-0.25, -0.2) is 9.97 Å². The molecule has 0 aliphatic heterocycles. The topological polar surface area (TPSA) is 73.9 Å². The highest BCUT2D eigenvalue weighted by molar-refractivity contribution is 5.80. The molecule has 0 amide bonds. The third-order valence-electron chi connectivity index (χ3n) is 4.45. The Balaban J connectivity index is 1.59. The zero-order valence-electron chi connectivity index (χ0n) is 17.4. The maximum Gasteiger partial charge on any atom is 0.241 e. The third kappa shape index (κ3) is 4.71. The Morgan fingerprint density at radius 3 is 2.53 bits per heavy atom. The maximum atomic E-state index is 5.98. The molecule has 0 bridgehead atoms. The van der Waals surface area contributed by atoms with Crippen molar-refractivity contribution >= 4 is 17.1 Å². The Labute approximate surface area is 175 Å². The summed E-state index contributed by atoms with van der Waals surface area (Å²) in [5, 5.41) is 7.88. The largest absolute Gasteiger partial charge is 0.473 e. The van der Waals surface area contributed by atoms with E-state index in [1.165, 1.54) is 0 Å². The maximum absolute atomic E-state index is 5.98. The van der Waals surface area contributed by atoms with E-state index < -0.39 is 0 Å². The molecular formula is C24H24N4O2. The molecule has 0 saturated carbocycles. The first-order valence-electron chi connectivity index (χ1n) is 10.1. The number of aryl methyl sites for hydroxylation is 2. The number of aromatic nitrogens is 4. The van der Waals surface area contributed by atoms with Gasteiger partial charge in [0.15, 0.2) is 0 Å². The molecule has 30 heavy (non-hydrogen) atoms. The lowest BCUT2D eigenvalue weighted by atomic mass is 10.1. The molecule has 0 fully saturated rings. The van der Waals surface area contributed by atoms with Gasteiger partial charge >= 0.3 is 0 Å². The fraction of sp³-hybridized carbons (Fsp3) is 0.250. The van der Waals surface area contributed by atoms with Crippen molar-refractivity contribution in [2.45, 2.75) is 39.7 Å². The monoisotopic (exact) mass is 400 g/mol. The van der Waals surface area contributed by atoms with Crippen molar-refractivity contribution in [1.82, 2.24) is 20.2 Å². The minimum atomic E-state index is 0.00984. The van der Waals surface area contributed by atoms with Crippen molar-refractivity contribution in [1.29, 1.82) is 0 Å². The molecule has 152 valence electrons. The molecule has 2 aromatic heterocycles. The summed E-state index contributed by atoms with van der Waals surface area (Å²) in [6.07, 6.45) is 5.75. The molecule has 0 atom stereocenters. The Kier molecular flexibility index (Phi) is 5.84. The number of allylic oxidation sites excluding steroid dienone is 1. The van der Waals surface area contributed by atoms with Gasteiger partial charge in [-0.05, 0) is 44.0 Å². The van der Waals surface area contributed by atoms with E-state index >= 15 is 0 Å². The van der Waals surface area contributed by atoms with Crippen LogP contribution < -0.4 is 4.74 Å². The van der Waals surface area contributed by atoms with Gasteiger partial charge in [0.2, 0.25) is 17.7 Å². The predicted octanol–water partition coefficient (Wildman–Crippen LogP) is 5.42. The van der Waals surface area contributed by atoms with Crippen LogP contribution in [0.1, 0.15) is 37.6 Å². The van der Waals surface area contributed by atoms with Gasteiger partial charge < -0.3 is 9.15 Å². The lowest BCUT2D eigenvalue weighted by Crippen LogP contribution is -2.09. The molecule has 2 heterocycles. The standard InChI is InChI=1S/C24H24N4O2/c1-16(2)29-24-23(25-20-12-5-6-13-21(20)26-24)19-11-8-10-18(15-19)9-4-7-14-22-28-27-17(3)30-22/h4-6,8-13,15-16H,7,14H2,1-3H3/b9-4+. The summed E-state index contributed by atoms with van der Waals surface area (Å²) >= 11 is 0. The van der Waals surface area contributed by atoms with Crippen LogP contribution in [-0.4, -0.2) is 26.3 Å². The zero-order chi connectivity index (χ0) is 20.9. The number of hydrogen-bond acceptors (Lipinski definition) is 6. The van der Waals surface area contributed by atoms with Crippen LogP contribution in [0, 0.1) is 6.92 Å². The minimum absolute atomic E-state index is 0.00984. The van der Waals surface area contributed by atoms with Crippen LogP contribution in [0.4, 0.5) is 0 Å². The van der Waals surface area contributed by atoms with Crippen molar-refractivity contribution in [3.05, 3.63) is 72.0 Å². The van der Waals surface area contributed by atoms with Crippen LogP contribution in [0.3, 0.4) is 0 Å². The van der Waals surface area contributed by atoms with Crippen molar-refractivity contribution in [2.75, 3.05) is 0 Å². The first kappa shape index (κ1) is 19.8. The number of benzene rings is 2. The van der Waals surface area contributed by atoms with Crippen LogP contribution in [-0.2, 0) is 6.42 Å². The third-order valence-corrected chi connectivity index (χ3v) is 4.45. The normalized spacial score (nSPS) is 11.6. The van der Waals surface area contributed by atoms with E-state index in [1.807, 2.05) is 50.2 Å². The van der Waals surface area contributed by atoms with Gasteiger partial charge in [0.05, 0.1) is 17.1 Å². The molecule has 0 saturated heterocycles.